The van der Waals surface area contributed by atoms with Crippen molar-refractivity contribution in [2.45, 2.75) is 19.3 Å². The molecule has 0 aliphatic heterocycles. The van der Waals surface area contributed by atoms with Crippen molar-refractivity contribution in [3.05, 3.63) is 168 Å². The van der Waals surface area contributed by atoms with Crippen molar-refractivity contribution >= 4 is 43.7 Å². The number of nitriles is 1. The summed E-state index contributed by atoms with van der Waals surface area (Å²) >= 11 is 0. The predicted octanol–water partition coefficient (Wildman–Crippen LogP) is 12.0. The zero-order chi connectivity index (χ0) is 36.8. The Kier molecular flexibility index (Phi) is 6.56. The molecule has 55 heavy (non-hydrogen) atoms. The van der Waals surface area contributed by atoms with Gasteiger partial charge in [0.05, 0.1) is 28.4 Å². The maximum Gasteiger partial charge on any atom is 0.166 e. The van der Waals surface area contributed by atoms with E-state index in [0.29, 0.717) is 39.8 Å². The van der Waals surface area contributed by atoms with Gasteiger partial charge in [-0.15, -0.1) is 0 Å². The number of hydrogen-bond donors (Lipinski definition) is 0. The zero-order valence-corrected chi connectivity index (χ0v) is 30.1. The highest BCUT2D eigenvalue weighted by atomic mass is 16.3. The quantitative estimate of drug-likeness (QED) is 0.182. The number of fused-ring (bicyclic) bond motifs is 10. The molecule has 258 valence electrons. The van der Waals surface area contributed by atoms with E-state index in [0.717, 1.165) is 44.0 Å². The molecular weight excluding hydrogens is 675 g/mol. The molecule has 0 saturated carbocycles. The number of aromatic nitrogens is 4. The van der Waals surface area contributed by atoms with Crippen LogP contribution >= 0.6 is 0 Å². The topological polar surface area (TPSA) is 80.5 Å². The fourth-order valence-corrected chi connectivity index (χ4v) is 8.88. The Hall–Kier alpha value is -7.36. The molecule has 0 amide bonds. The molecule has 0 spiro atoms. The molecule has 0 unspecified atom stereocenters. The van der Waals surface area contributed by atoms with Crippen LogP contribution in [0.4, 0.5) is 0 Å². The van der Waals surface area contributed by atoms with E-state index in [1.807, 2.05) is 91.0 Å². The third-order valence-electron chi connectivity index (χ3n) is 11.3. The second kappa shape index (κ2) is 11.6. The molecule has 3 aromatic heterocycles. The molecule has 0 atom stereocenters. The van der Waals surface area contributed by atoms with Gasteiger partial charge in [-0.25, -0.2) is 15.0 Å². The van der Waals surface area contributed by atoms with Gasteiger partial charge in [0.25, 0.3) is 0 Å². The molecule has 0 saturated heterocycles. The minimum absolute atomic E-state index is 0.220. The summed E-state index contributed by atoms with van der Waals surface area (Å²) in [5, 5.41) is 15.1. The lowest BCUT2D eigenvalue weighted by molar-refractivity contribution is 0.666. The smallest absolute Gasteiger partial charge is 0.166 e. The minimum Gasteiger partial charge on any atom is -0.454 e. The van der Waals surface area contributed by atoms with Gasteiger partial charge < -0.3 is 8.98 Å². The van der Waals surface area contributed by atoms with Gasteiger partial charge in [0.2, 0.25) is 0 Å². The van der Waals surface area contributed by atoms with Crippen LogP contribution in [-0.2, 0) is 5.41 Å². The maximum absolute atomic E-state index is 11.1. The Bertz CT molecular complexity index is 3180. The molecule has 6 nitrogen and oxygen atoms in total. The molecule has 11 rings (SSSR count). The molecule has 7 aromatic carbocycles. The van der Waals surface area contributed by atoms with E-state index < -0.39 is 0 Å². The van der Waals surface area contributed by atoms with Crippen molar-refractivity contribution in [1.82, 2.24) is 19.5 Å². The zero-order valence-electron chi connectivity index (χ0n) is 30.1. The molecule has 3 heterocycles. The summed E-state index contributed by atoms with van der Waals surface area (Å²) in [6.07, 6.45) is 0. The van der Waals surface area contributed by atoms with Crippen molar-refractivity contribution in [2.24, 2.45) is 0 Å². The fourth-order valence-electron chi connectivity index (χ4n) is 8.88. The van der Waals surface area contributed by atoms with Crippen LogP contribution in [0.2, 0.25) is 0 Å². The Labute approximate surface area is 316 Å². The van der Waals surface area contributed by atoms with Gasteiger partial charge in [-0.05, 0) is 46.5 Å². The van der Waals surface area contributed by atoms with Gasteiger partial charge in [0.15, 0.2) is 23.1 Å². The molecule has 0 fully saturated rings. The summed E-state index contributed by atoms with van der Waals surface area (Å²) in [7, 11) is 0. The minimum atomic E-state index is -0.220. The summed E-state index contributed by atoms with van der Waals surface area (Å²) in [4.78, 5) is 15.1. The number of rotatable bonds is 4. The molecule has 0 N–H and O–H groups in total. The second-order valence-corrected chi connectivity index (χ2v) is 14.7. The first-order chi connectivity index (χ1) is 27.0. The molecule has 10 aromatic rings. The van der Waals surface area contributed by atoms with Gasteiger partial charge in [-0.2, -0.15) is 5.26 Å². The Morgan fingerprint density at radius 2 is 1.20 bits per heavy atom. The summed E-state index contributed by atoms with van der Waals surface area (Å²) in [6.45, 7) is 4.65. The first-order valence-electron chi connectivity index (χ1n) is 18.4. The monoisotopic (exact) mass is 705 g/mol. The first-order valence-corrected chi connectivity index (χ1v) is 18.4. The van der Waals surface area contributed by atoms with Crippen molar-refractivity contribution in [3.8, 4) is 57.0 Å². The highest BCUT2D eigenvalue weighted by Crippen LogP contribution is 2.54. The number of furan rings is 1. The van der Waals surface area contributed by atoms with Crippen molar-refractivity contribution < 1.29 is 4.42 Å². The number of hydrogen-bond acceptors (Lipinski definition) is 5. The Morgan fingerprint density at radius 3 is 1.93 bits per heavy atom. The normalized spacial score (nSPS) is 13.0. The maximum atomic E-state index is 11.1. The summed E-state index contributed by atoms with van der Waals surface area (Å²) in [5.41, 5.74) is 12.0. The number of benzene rings is 7. The highest BCUT2D eigenvalue weighted by molar-refractivity contribution is 6.19. The van der Waals surface area contributed by atoms with Crippen LogP contribution in [-0.4, -0.2) is 19.5 Å². The van der Waals surface area contributed by atoms with Crippen molar-refractivity contribution in [3.63, 3.8) is 0 Å². The van der Waals surface area contributed by atoms with Crippen LogP contribution in [0.5, 0.6) is 0 Å². The van der Waals surface area contributed by atoms with Gasteiger partial charge in [0.1, 0.15) is 5.58 Å². The largest absolute Gasteiger partial charge is 0.454 e. The van der Waals surface area contributed by atoms with Gasteiger partial charge >= 0.3 is 0 Å². The third kappa shape index (κ3) is 4.44. The average molecular weight is 706 g/mol. The van der Waals surface area contributed by atoms with Crippen LogP contribution < -0.4 is 0 Å². The average Bonchev–Trinajstić information content (AvgIpc) is 3.86. The van der Waals surface area contributed by atoms with E-state index >= 15 is 0 Å². The number of nitrogens with zero attached hydrogens (tertiary/aromatic N) is 5. The van der Waals surface area contributed by atoms with Crippen molar-refractivity contribution in [1.29, 1.82) is 5.26 Å². The Morgan fingerprint density at radius 1 is 0.582 bits per heavy atom. The van der Waals surface area contributed by atoms with Crippen LogP contribution in [0.15, 0.2) is 156 Å². The molecule has 1 aliphatic carbocycles. The van der Waals surface area contributed by atoms with E-state index in [9.17, 15) is 5.26 Å². The SMILES string of the molecule is CC1(C)c2ccccc2-c2ccc3c(c21)c1ccccc1n3-c1cc(C#N)c(-c2nc(-c3ccccc3)nc(-c3ccccc3)n2)c2c1oc1ccccc12. The van der Waals surface area contributed by atoms with E-state index in [4.69, 9.17) is 19.4 Å². The first kappa shape index (κ1) is 31.2. The lowest BCUT2D eigenvalue weighted by Crippen LogP contribution is -2.15. The van der Waals surface area contributed by atoms with Crippen molar-refractivity contribution in [2.75, 3.05) is 0 Å². The van der Waals surface area contributed by atoms with E-state index in [-0.39, 0.29) is 5.41 Å². The predicted molar refractivity (Wildman–Crippen MR) is 220 cm³/mol. The highest BCUT2D eigenvalue weighted by Gasteiger charge is 2.38. The fraction of sp³-hybridized carbons (Fsp3) is 0.0612. The van der Waals surface area contributed by atoms with Crippen LogP contribution in [0.1, 0.15) is 30.5 Å². The van der Waals surface area contributed by atoms with E-state index in [2.05, 4.69) is 85.1 Å². The lowest BCUT2D eigenvalue weighted by Gasteiger charge is -2.22. The van der Waals surface area contributed by atoms with Crippen LogP contribution in [0.25, 0.3) is 94.7 Å². The standard InChI is InChI=1S/C49H31N5O/c1-49(2)36-22-12-9-19-32(36)33-25-26-38-42(44(33)49)34-20-10-13-23-37(34)54(38)39-27-31(28-50)41(43-35-21-11-14-24-40(35)55-45(39)43)48-52-46(29-15-5-3-6-16-29)51-47(53-48)30-17-7-4-8-18-30/h3-27H,1-2H3. The number of para-hydroxylation sites is 2. The van der Waals surface area contributed by atoms with Gasteiger partial charge in [-0.1, -0.05) is 141 Å². The second-order valence-electron chi connectivity index (χ2n) is 14.7. The van der Waals surface area contributed by atoms with Gasteiger partial charge in [-0.3, -0.25) is 0 Å². The van der Waals surface area contributed by atoms with Crippen LogP contribution in [0, 0.1) is 11.3 Å². The summed E-state index contributed by atoms with van der Waals surface area (Å²) in [6, 6.07) is 54.1. The lowest BCUT2D eigenvalue weighted by atomic mass is 9.80. The molecule has 0 bridgehead atoms. The molecular formula is C49H31N5O. The third-order valence-corrected chi connectivity index (χ3v) is 11.3. The molecule has 1 aliphatic rings. The molecule has 6 heteroatoms. The van der Waals surface area contributed by atoms with Gasteiger partial charge in [0, 0.05) is 43.7 Å². The van der Waals surface area contributed by atoms with E-state index in [1.54, 1.807) is 0 Å². The summed E-state index contributed by atoms with van der Waals surface area (Å²) in [5.74, 6) is 1.46. The summed E-state index contributed by atoms with van der Waals surface area (Å²) < 4.78 is 9.15. The van der Waals surface area contributed by atoms with Crippen LogP contribution in [0.3, 0.4) is 0 Å². The molecule has 0 radical (unpaired) electrons. The van der Waals surface area contributed by atoms with E-state index in [1.165, 1.54) is 27.6 Å². The Balaban J connectivity index is 1.26.